The third-order valence-corrected chi connectivity index (χ3v) is 6.28. The highest BCUT2D eigenvalue weighted by Gasteiger charge is 2.19. The number of anilines is 3. The molecule has 1 aliphatic heterocycles. The number of nitrogens with zero attached hydrogens (tertiary/aromatic N) is 4. The molecule has 0 spiro atoms. The second-order valence-corrected chi connectivity index (χ2v) is 8.76. The number of piperazine rings is 1. The average Bonchev–Trinajstić information content (AvgIpc) is 2.93. The van der Waals surface area contributed by atoms with E-state index in [4.69, 9.17) is 14.2 Å². The summed E-state index contributed by atoms with van der Waals surface area (Å²) in [6, 6.07) is 8.75. The van der Waals surface area contributed by atoms with E-state index < -0.39 is 5.82 Å². The minimum atomic E-state index is -0.565. The zero-order valence-electron chi connectivity index (χ0n) is 21.6. The van der Waals surface area contributed by atoms with Gasteiger partial charge in [0.25, 0.3) is 0 Å². The fourth-order valence-electron chi connectivity index (χ4n) is 4.08. The molecule has 0 bridgehead atoms. The molecule has 1 fully saturated rings. The fourth-order valence-corrected chi connectivity index (χ4v) is 4.08. The lowest BCUT2D eigenvalue weighted by Crippen LogP contribution is -2.44. The summed E-state index contributed by atoms with van der Waals surface area (Å²) in [6.45, 7) is 5.46. The predicted molar refractivity (Wildman–Crippen MR) is 140 cm³/mol. The van der Waals surface area contributed by atoms with Gasteiger partial charge in [-0.05, 0) is 37.4 Å². The molecule has 1 aromatic heterocycles. The van der Waals surface area contributed by atoms with Crippen LogP contribution in [0.1, 0.15) is 29.3 Å². The van der Waals surface area contributed by atoms with Crippen molar-refractivity contribution in [2.24, 2.45) is 0 Å². The summed E-state index contributed by atoms with van der Waals surface area (Å²) >= 11 is 0. The van der Waals surface area contributed by atoms with Crippen LogP contribution in [0.3, 0.4) is 0 Å². The van der Waals surface area contributed by atoms with Crippen LogP contribution in [0.4, 0.5) is 21.7 Å². The molecule has 2 heterocycles. The molecule has 1 N–H and O–H groups in total. The molecule has 0 unspecified atom stereocenters. The van der Waals surface area contributed by atoms with Crippen LogP contribution in [-0.2, 0) is 6.61 Å². The molecular formula is C27H32FN5O4. The van der Waals surface area contributed by atoms with Gasteiger partial charge in [0, 0.05) is 49.4 Å². The van der Waals surface area contributed by atoms with E-state index in [1.165, 1.54) is 31.6 Å². The minimum absolute atomic E-state index is 0.00383. The first-order valence-electron chi connectivity index (χ1n) is 12.1. The lowest BCUT2D eigenvalue weighted by Gasteiger charge is -2.34. The monoisotopic (exact) mass is 509 g/mol. The minimum Gasteiger partial charge on any atom is -0.495 e. The van der Waals surface area contributed by atoms with Crippen LogP contribution in [0.2, 0.25) is 0 Å². The number of carbonyl (C=O) groups excluding carboxylic acids is 1. The maximum Gasteiger partial charge on any atom is 0.227 e. The van der Waals surface area contributed by atoms with E-state index in [2.05, 4.69) is 32.1 Å². The molecule has 2 aromatic carbocycles. The van der Waals surface area contributed by atoms with Crippen molar-refractivity contribution in [2.45, 2.75) is 20.0 Å². The SMILES string of the molecule is CCC(=O)c1cc(COc2cnc(Nc3ccc(OC)c(N4CCN(C)CC4)c3)nc2)c(F)c(OC)c1. The Hall–Kier alpha value is -3.92. The highest BCUT2D eigenvalue weighted by atomic mass is 19.1. The lowest BCUT2D eigenvalue weighted by atomic mass is 10.0. The molecule has 0 atom stereocenters. The van der Waals surface area contributed by atoms with Gasteiger partial charge in [-0.1, -0.05) is 6.92 Å². The maximum absolute atomic E-state index is 14.7. The van der Waals surface area contributed by atoms with E-state index in [-0.39, 0.29) is 23.7 Å². The van der Waals surface area contributed by atoms with Gasteiger partial charge in [-0.25, -0.2) is 14.4 Å². The van der Waals surface area contributed by atoms with Crippen molar-refractivity contribution in [3.63, 3.8) is 0 Å². The zero-order valence-corrected chi connectivity index (χ0v) is 21.6. The van der Waals surface area contributed by atoms with Gasteiger partial charge in [0.05, 0.1) is 32.3 Å². The van der Waals surface area contributed by atoms with E-state index in [1.54, 1.807) is 14.0 Å². The average molecular weight is 510 g/mol. The van der Waals surface area contributed by atoms with Crippen LogP contribution < -0.4 is 24.4 Å². The number of nitrogens with one attached hydrogen (secondary N) is 1. The molecule has 3 aromatic rings. The number of benzene rings is 2. The normalized spacial score (nSPS) is 13.8. The highest BCUT2D eigenvalue weighted by Crippen LogP contribution is 2.33. The number of hydrogen-bond acceptors (Lipinski definition) is 9. The van der Waals surface area contributed by atoms with Gasteiger partial charge in [-0.3, -0.25) is 4.79 Å². The van der Waals surface area contributed by atoms with Gasteiger partial charge in [0.15, 0.2) is 23.1 Å². The first-order valence-corrected chi connectivity index (χ1v) is 12.1. The van der Waals surface area contributed by atoms with Crippen LogP contribution in [0.5, 0.6) is 17.2 Å². The highest BCUT2D eigenvalue weighted by molar-refractivity contribution is 5.96. The Morgan fingerprint density at radius 1 is 1.03 bits per heavy atom. The first-order chi connectivity index (χ1) is 17.9. The standard InChI is InChI=1S/C27H32FN5O4/c1-5-23(34)18-12-19(26(28)25(13-18)36-4)17-37-21-15-29-27(30-16-21)31-20-6-7-24(35-3)22(14-20)33-10-8-32(2)9-11-33/h6-7,12-16H,5,8-11,17H2,1-4H3,(H,29,30,31). The number of ketones is 1. The van der Waals surface area contributed by atoms with Crippen LogP contribution >= 0.6 is 0 Å². The number of ether oxygens (including phenoxy) is 3. The number of halogens is 1. The molecular weight excluding hydrogens is 477 g/mol. The number of rotatable bonds is 10. The molecule has 0 saturated carbocycles. The third-order valence-electron chi connectivity index (χ3n) is 6.28. The summed E-state index contributed by atoms with van der Waals surface area (Å²) in [7, 11) is 5.15. The maximum atomic E-state index is 14.7. The van der Waals surface area contributed by atoms with Gasteiger partial charge in [0.1, 0.15) is 12.4 Å². The van der Waals surface area contributed by atoms with Crippen LogP contribution in [0, 0.1) is 5.82 Å². The third kappa shape index (κ3) is 6.26. The summed E-state index contributed by atoms with van der Waals surface area (Å²) in [5, 5.41) is 3.21. The van der Waals surface area contributed by atoms with Gasteiger partial charge >= 0.3 is 0 Å². The van der Waals surface area contributed by atoms with Crippen molar-refractivity contribution < 1.29 is 23.4 Å². The van der Waals surface area contributed by atoms with Gasteiger partial charge in [-0.15, -0.1) is 0 Å². The second-order valence-electron chi connectivity index (χ2n) is 8.76. The summed E-state index contributed by atoms with van der Waals surface area (Å²) in [5.41, 5.74) is 2.44. The Morgan fingerprint density at radius 2 is 1.73 bits per heavy atom. The molecule has 4 rings (SSSR count). The second kappa shape index (κ2) is 11.9. The van der Waals surface area contributed by atoms with E-state index in [9.17, 15) is 9.18 Å². The molecule has 196 valence electrons. The van der Waals surface area contributed by atoms with Crippen LogP contribution in [0.15, 0.2) is 42.7 Å². The van der Waals surface area contributed by atoms with E-state index in [0.29, 0.717) is 23.7 Å². The molecule has 1 saturated heterocycles. The van der Waals surface area contributed by atoms with Crippen molar-refractivity contribution in [2.75, 3.05) is 57.7 Å². The van der Waals surface area contributed by atoms with Gasteiger partial charge in [-0.2, -0.15) is 0 Å². The molecule has 0 aliphatic carbocycles. The first kappa shape index (κ1) is 26.2. The van der Waals surface area contributed by atoms with Crippen molar-refractivity contribution in [3.05, 3.63) is 59.7 Å². The van der Waals surface area contributed by atoms with Gasteiger partial charge in [0.2, 0.25) is 5.95 Å². The van der Waals surface area contributed by atoms with Crippen LogP contribution in [-0.4, -0.2) is 68.1 Å². The Labute approximate surface area is 216 Å². The van der Waals surface area contributed by atoms with Crippen LogP contribution in [0.25, 0.3) is 0 Å². The Morgan fingerprint density at radius 3 is 2.38 bits per heavy atom. The topological polar surface area (TPSA) is 89.1 Å². The smallest absolute Gasteiger partial charge is 0.227 e. The number of carbonyl (C=O) groups is 1. The number of hydrogen-bond donors (Lipinski definition) is 1. The van der Waals surface area contributed by atoms with E-state index in [1.807, 2.05) is 18.2 Å². The molecule has 0 amide bonds. The van der Waals surface area contributed by atoms with E-state index >= 15 is 0 Å². The number of likely N-dealkylation sites (N-methyl/N-ethyl adjacent to an activating group) is 1. The van der Waals surface area contributed by atoms with Crippen molar-refractivity contribution >= 4 is 23.1 Å². The number of Topliss-reactive ketones (excluding diaryl/α,β-unsaturated/α-hetero) is 1. The number of methoxy groups -OCH3 is 2. The molecule has 0 radical (unpaired) electrons. The van der Waals surface area contributed by atoms with Gasteiger partial charge < -0.3 is 29.3 Å². The quantitative estimate of drug-likeness (QED) is 0.402. The summed E-state index contributed by atoms with van der Waals surface area (Å²) in [4.78, 5) is 25.4. The van der Waals surface area contributed by atoms with Crippen molar-refractivity contribution in [1.82, 2.24) is 14.9 Å². The molecule has 10 heteroatoms. The summed E-state index contributed by atoms with van der Waals surface area (Å²) < 4.78 is 31.1. The zero-order chi connectivity index (χ0) is 26.4. The molecule has 37 heavy (non-hydrogen) atoms. The Balaban J connectivity index is 1.43. The fraction of sp³-hybridized carbons (Fsp3) is 0.370. The lowest BCUT2D eigenvalue weighted by molar-refractivity contribution is 0.0987. The van der Waals surface area contributed by atoms with Crippen molar-refractivity contribution in [3.8, 4) is 17.2 Å². The summed E-state index contributed by atoms with van der Waals surface area (Å²) in [5.74, 6) is 0.907. The number of aromatic nitrogens is 2. The summed E-state index contributed by atoms with van der Waals surface area (Å²) in [6.07, 6.45) is 3.33. The predicted octanol–water partition coefficient (Wildman–Crippen LogP) is 4.30. The Kier molecular flexibility index (Phi) is 8.39. The van der Waals surface area contributed by atoms with Crippen molar-refractivity contribution in [1.29, 1.82) is 0 Å². The molecule has 9 nitrogen and oxygen atoms in total. The van der Waals surface area contributed by atoms with E-state index in [0.717, 1.165) is 43.3 Å². The molecule has 1 aliphatic rings. The largest absolute Gasteiger partial charge is 0.495 e. The Bertz CT molecular complexity index is 1230.